The first-order chi connectivity index (χ1) is 11.7. The van der Waals surface area contributed by atoms with E-state index in [0.717, 1.165) is 30.9 Å². The molecule has 1 amide bonds. The van der Waals surface area contributed by atoms with Crippen LogP contribution in [-0.2, 0) is 11.8 Å². The molecule has 1 spiro atoms. The summed E-state index contributed by atoms with van der Waals surface area (Å²) in [6, 6.07) is 9.85. The zero-order chi connectivity index (χ0) is 16.6. The lowest BCUT2D eigenvalue weighted by molar-refractivity contribution is 0.0124. The Kier molecular flexibility index (Phi) is 3.76. The van der Waals surface area contributed by atoms with Gasteiger partial charge in [-0.25, -0.2) is 4.98 Å². The molecule has 2 aromatic heterocycles. The predicted molar refractivity (Wildman–Crippen MR) is 90.9 cm³/mol. The first-order valence-corrected chi connectivity index (χ1v) is 8.37. The molecule has 126 valence electrons. The first kappa shape index (κ1) is 15.2. The summed E-state index contributed by atoms with van der Waals surface area (Å²) < 4.78 is 7.99. The van der Waals surface area contributed by atoms with Crippen LogP contribution in [0.2, 0.25) is 0 Å². The molecular formula is C18H22N4O2. The molecule has 0 unspecified atom stereocenters. The molecule has 2 fully saturated rings. The van der Waals surface area contributed by atoms with Crippen molar-refractivity contribution in [2.24, 2.45) is 7.05 Å². The highest BCUT2D eigenvalue weighted by Crippen LogP contribution is 2.36. The molecule has 0 radical (unpaired) electrons. The lowest BCUT2D eigenvalue weighted by Gasteiger charge is -2.23. The zero-order valence-electron chi connectivity index (χ0n) is 13.8. The Balaban J connectivity index is 1.40. The van der Waals surface area contributed by atoms with Gasteiger partial charge in [-0.15, -0.1) is 0 Å². The molecule has 2 aliphatic heterocycles. The lowest BCUT2D eigenvalue weighted by Crippen LogP contribution is -2.36. The molecule has 24 heavy (non-hydrogen) atoms. The van der Waals surface area contributed by atoms with Crippen molar-refractivity contribution < 1.29 is 9.53 Å². The van der Waals surface area contributed by atoms with Crippen molar-refractivity contribution in [2.75, 3.05) is 25.0 Å². The van der Waals surface area contributed by atoms with Crippen molar-refractivity contribution in [2.45, 2.75) is 24.5 Å². The molecule has 0 aromatic carbocycles. The number of carbonyl (C=O) groups is 1. The van der Waals surface area contributed by atoms with Crippen LogP contribution in [0, 0.1) is 0 Å². The van der Waals surface area contributed by atoms with Gasteiger partial charge in [-0.05, 0) is 30.7 Å². The van der Waals surface area contributed by atoms with Crippen molar-refractivity contribution >= 4 is 11.7 Å². The highest BCUT2D eigenvalue weighted by atomic mass is 16.5. The fourth-order valence-electron chi connectivity index (χ4n) is 3.74. The van der Waals surface area contributed by atoms with Crippen LogP contribution in [0.1, 0.15) is 23.3 Å². The van der Waals surface area contributed by atoms with Crippen LogP contribution in [0.5, 0.6) is 0 Å². The van der Waals surface area contributed by atoms with Crippen LogP contribution in [0.25, 0.3) is 0 Å². The van der Waals surface area contributed by atoms with Crippen molar-refractivity contribution in [1.29, 1.82) is 0 Å². The van der Waals surface area contributed by atoms with Crippen LogP contribution in [0.15, 0.2) is 42.7 Å². The van der Waals surface area contributed by atoms with E-state index < -0.39 is 0 Å². The SMILES string of the molecule is Cn1cccc1C(=O)N1CC[C@@]2(C[C@@H](Nc3ccccn3)CO2)C1. The predicted octanol–water partition coefficient (Wildman–Crippen LogP) is 1.91. The average Bonchev–Trinajstić information content (AvgIpc) is 3.30. The Morgan fingerprint density at radius 2 is 2.29 bits per heavy atom. The summed E-state index contributed by atoms with van der Waals surface area (Å²) in [4.78, 5) is 18.9. The van der Waals surface area contributed by atoms with Gasteiger partial charge < -0.3 is 19.5 Å². The second-order valence-corrected chi connectivity index (χ2v) is 6.74. The number of ether oxygens (including phenoxy) is 1. The van der Waals surface area contributed by atoms with E-state index in [1.807, 2.05) is 53.0 Å². The van der Waals surface area contributed by atoms with Gasteiger partial charge in [0, 0.05) is 32.4 Å². The number of carbonyl (C=O) groups excluding carboxylic acids is 1. The van der Waals surface area contributed by atoms with Gasteiger partial charge in [-0.2, -0.15) is 0 Å². The third-order valence-electron chi connectivity index (χ3n) is 4.99. The number of aromatic nitrogens is 2. The Bertz CT molecular complexity index is 730. The summed E-state index contributed by atoms with van der Waals surface area (Å²) in [7, 11) is 1.90. The lowest BCUT2D eigenvalue weighted by atomic mass is 9.97. The van der Waals surface area contributed by atoms with Crippen LogP contribution in [0.4, 0.5) is 5.82 Å². The molecular weight excluding hydrogens is 304 g/mol. The minimum atomic E-state index is -0.215. The van der Waals surface area contributed by atoms with Gasteiger partial charge in [0.15, 0.2) is 0 Å². The molecule has 6 heteroatoms. The summed E-state index contributed by atoms with van der Waals surface area (Å²) in [5.41, 5.74) is 0.515. The third kappa shape index (κ3) is 2.78. The zero-order valence-corrected chi connectivity index (χ0v) is 13.8. The summed E-state index contributed by atoms with van der Waals surface area (Å²) >= 11 is 0. The average molecular weight is 326 g/mol. The number of hydrogen-bond donors (Lipinski definition) is 1. The molecule has 0 saturated carbocycles. The van der Waals surface area contributed by atoms with Crippen LogP contribution >= 0.6 is 0 Å². The van der Waals surface area contributed by atoms with Crippen molar-refractivity contribution in [3.63, 3.8) is 0 Å². The van der Waals surface area contributed by atoms with Crippen LogP contribution in [0.3, 0.4) is 0 Å². The van der Waals surface area contributed by atoms with E-state index in [1.54, 1.807) is 6.20 Å². The maximum Gasteiger partial charge on any atom is 0.270 e. The molecule has 2 aliphatic rings. The number of nitrogens with zero attached hydrogens (tertiary/aromatic N) is 3. The summed E-state index contributed by atoms with van der Waals surface area (Å²) in [6.45, 7) is 2.07. The normalized spacial score (nSPS) is 26.2. The minimum Gasteiger partial charge on any atom is -0.371 e. The molecule has 6 nitrogen and oxygen atoms in total. The van der Waals surface area contributed by atoms with Gasteiger partial charge >= 0.3 is 0 Å². The summed E-state index contributed by atoms with van der Waals surface area (Å²) in [5.74, 6) is 0.960. The van der Waals surface area contributed by atoms with E-state index in [1.165, 1.54) is 0 Å². The van der Waals surface area contributed by atoms with Crippen LogP contribution < -0.4 is 5.32 Å². The van der Waals surface area contributed by atoms with E-state index in [4.69, 9.17) is 4.74 Å². The number of rotatable bonds is 3. The summed E-state index contributed by atoms with van der Waals surface area (Å²) in [6.07, 6.45) is 5.48. The number of hydrogen-bond acceptors (Lipinski definition) is 4. The molecule has 2 aromatic rings. The number of anilines is 1. The van der Waals surface area contributed by atoms with Crippen molar-refractivity contribution in [3.8, 4) is 0 Å². The standard InChI is InChI=1S/C18H22N4O2/c1-21-9-4-5-15(21)17(23)22-10-7-18(13-22)11-14(12-24-18)20-16-6-2-3-8-19-16/h2-6,8-9,14H,7,10-13H2,1H3,(H,19,20)/t14-,18-/m1/s1. The fourth-order valence-corrected chi connectivity index (χ4v) is 3.74. The first-order valence-electron chi connectivity index (χ1n) is 8.37. The molecule has 4 heterocycles. The molecule has 0 bridgehead atoms. The van der Waals surface area contributed by atoms with Gasteiger partial charge in [0.25, 0.3) is 5.91 Å². The van der Waals surface area contributed by atoms with Crippen molar-refractivity contribution in [3.05, 3.63) is 48.4 Å². The third-order valence-corrected chi connectivity index (χ3v) is 4.99. The molecule has 4 rings (SSSR count). The number of nitrogens with one attached hydrogen (secondary N) is 1. The second-order valence-electron chi connectivity index (χ2n) is 6.74. The summed E-state index contributed by atoms with van der Waals surface area (Å²) in [5, 5.41) is 3.43. The Hall–Kier alpha value is -2.34. The van der Waals surface area contributed by atoms with E-state index in [9.17, 15) is 4.79 Å². The van der Waals surface area contributed by atoms with Gasteiger partial charge in [0.2, 0.25) is 0 Å². The largest absolute Gasteiger partial charge is 0.371 e. The van der Waals surface area contributed by atoms with Gasteiger partial charge in [0.1, 0.15) is 11.5 Å². The minimum absolute atomic E-state index is 0.0871. The maximum atomic E-state index is 12.7. The van der Waals surface area contributed by atoms with E-state index in [-0.39, 0.29) is 17.6 Å². The van der Waals surface area contributed by atoms with Crippen LogP contribution in [-0.4, -0.2) is 51.7 Å². The highest BCUT2D eigenvalue weighted by molar-refractivity contribution is 5.93. The number of amides is 1. The van der Waals surface area contributed by atoms with Gasteiger partial charge in [0.05, 0.1) is 24.8 Å². The molecule has 0 aliphatic carbocycles. The Morgan fingerprint density at radius 1 is 1.38 bits per heavy atom. The number of likely N-dealkylation sites (tertiary alicyclic amines) is 1. The van der Waals surface area contributed by atoms with E-state index in [0.29, 0.717) is 13.2 Å². The Morgan fingerprint density at radius 3 is 3.04 bits per heavy atom. The number of aryl methyl sites for hydroxylation is 1. The highest BCUT2D eigenvalue weighted by Gasteiger charge is 2.47. The van der Waals surface area contributed by atoms with E-state index in [2.05, 4.69) is 10.3 Å². The monoisotopic (exact) mass is 326 g/mol. The molecule has 1 N–H and O–H groups in total. The second kappa shape index (κ2) is 5.94. The van der Waals surface area contributed by atoms with Crippen molar-refractivity contribution in [1.82, 2.24) is 14.5 Å². The molecule has 2 atom stereocenters. The quantitative estimate of drug-likeness (QED) is 0.936. The number of pyridine rings is 1. The molecule has 2 saturated heterocycles. The Labute approximate surface area is 141 Å². The van der Waals surface area contributed by atoms with Gasteiger partial charge in [-0.3, -0.25) is 4.79 Å². The fraction of sp³-hybridized carbons (Fsp3) is 0.444. The van der Waals surface area contributed by atoms with E-state index >= 15 is 0 Å². The maximum absolute atomic E-state index is 12.7. The van der Waals surface area contributed by atoms with Gasteiger partial charge in [-0.1, -0.05) is 6.07 Å². The topological polar surface area (TPSA) is 59.4 Å². The smallest absolute Gasteiger partial charge is 0.270 e.